The lowest BCUT2D eigenvalue weighted by Crippen LogP contribution is -2.36. The zero-order valence-electron chi connectivity index (χ0n) is 19.3. The molecule has 3 amide bonds. The minimum atomic E-state index is -0.575. The van der Waals surface area contributed by atoms with E-state index >= 15 is 0 Å². The Balaban J connectivity index is 1.48. The van der Waals surface area contributed by atoms with E-state index in [1.54, 1.807) is 48.5 Å². The summed E-state index contributed by atoms with van der Waals surface area (Å²) in [5.41, 5.74) is 1.80. The van der Waals surface area contributed by atoms with Gasteiger partial charge in [-0.3, -0.25) is 19.3 Å². The maximum absolute atomic E-state index is 12.9. The summed E-state index contributed by atoms with van der Waals surface area (Å²) < 4.78 is 12.0. The summed E-state index contributed by atoms with van der Waals surface area (Å²) in [5.74, 6) is -0.218. The van der Waals surface area contributed by atoms with Crippen molar-refractivity contribution < 1.29 is 23.9 Å². The van der Waals surface area contributed by atoms with E-state index in [0.29, 0.717) is 37.3 Å². The van der Waals surface area contributed by atoms with Crippen LogP contribution >= 0.6 is 50.9 Å². The SMILES string of the molecule is COc1cc(/C=C2/SC(=O)N(CC(=O)Nc3ccccc3Cl)C2=O)c(Br)cc1OCc1ccccc1Cl. The van der Waals surface area contributed by atoms with Crippen LogP contribution in [0, 0.1) is 0 Å². The zero-order chi connectivity index (χ0) is 26.5. The van der Waals surface area contributed by atoms with Gasteiger partial charge in [0.25, 0.3) is 11.1 Å². The summed E-state index contributed by atoms with van der Waals surface area (Å²) in [4.78, 5) is 38.9. The van der Waals surface area contributed by atoms with E-state index in [1.165, 1.54) is 7.11 Å². The van der Waals surface area contributed by atoms with Crippen LogP contribution in [0.5, 0.6) is 11.5 Å². The Bertz CT molecular complexity index is 1420. The molecule has 0 saturated carbocycles. The van der Waals surface area contributed by atoms with Crippen molar-refractivity contribution in [2.45, 2.75) is 6.61 Å². The second-order valence-electron chi connectivity index (χ2n) is 7.70. The van der Waals surface area contributed by atoms with E-state index in [4.69, 9.17) is 32.7 Å². The van der Waals surface area contributed by atoms with Crippen molar-refractivity contribution in [2.75, 3.05) is 19.0 Å². The molecule has 1 aliphatic heterocycles. The molecular weight excluding hydrogens is 603 g/mol. The van der Waals surface area contributed by atoms with Crippen LogP contribution in [0.15, 0.2) is 70.0 Å². The first-order valence-electron chi connectivity index (χ1n) is 10.8. The van der Waals surface area contributed by atoms with E-state index in [2.05, 4.69) is 21.2 Å². The molecule has 0 spiro atoms. The van der Waals surface area contributed by atoms with Crippen LogP contribution in [0.3, 0.4) is 0 Å². The van der Waals surface area contributed by atoms with E-state index < -0.39 is 23.6 Å². The largest absolute Gasteiger partial charge is 0.493 e. The van der Waals surface area contributed by atoms with Gasteiger partial charge in [-0.15, -0.1) is 0 Å². The number of thioether (sulfide) groups is 1. The quantitative estimate of drug-likeness (QED) is 0.272. The van der Waals surface area contributed by atoms with Gasteiger partial charge in [0.15, 0.2) is 11.5 Å². The highest BCUT2D eigenvalue weighted by Gasteiger charge is 2.36. The Morgan fingerprint density at radius 3 is 2.46 bits per heavy atom. The van der Waals surface area contributed by atoms with Gasteiger partial charge in [0, 0.05) is 15.1 Å². The molecule has 1 saturated heterocycles. The molecule has 7 nitrogen and oxygen atoms in total. The van der Waals surface area contributed by atoms with E-state index in [-0.39, 0.29) is 11.5 Å². The number of amides is 3. The van der Waals surface area contributed by atoms with Gasteiger partial charge in [-0.25, -0.2) is 0 Å². The number of imide groups is 1. The molecule has 1 aliphatic rings. The van der Waals surface area contributed by atoms with E-state index in [9.17, 15) is 14.4 Å². The van der Waals surface area contributed by atoms with Crippen molar-refractivity contribution >= 4 is 79.7 Å². The first-order chi connectivity index (χ1) is 17.8. The van der Waals surface area contributed by atoms with Gasteiger partial charge in [-0.2, -0.15) is 0 Å². The number of nitrogens with zero attached hydrogens (tertiary/aromatic N) is 1. The molecule has 1 fully saturated rings. The molecule has 0 aliphatic carbocycles. The molecule has 0 aromatic heterocycles. The molecule has 3 aromatic carbocycles. The molecule has 37 heavy (non-hydrogen) atoms. The Morgan fingerprint density at radius 2 is 1.76 bits per heavy atom. The summed E-state index contributed by atoms with van der Waals surface area (Å²) in [5, 5.41) is 3.00. The van der Waals surface area contributed by atoms with Crippen LogP contribution in [0.1, 0.15) is 11.1 Å². The highest BCUT2D eigenvalue weighted by atomic mass is 79.9. The third kappa shape index (κ3) is 6.48. The normalized spacial score (nSPS) is 14.3. The van der Waals surface area contributed by atoms with Gasteiger partial charge < -0.3 is 14.8 Å². The van der Waals surface area contributed by atoms with Gasteiger partial charge in [0.1, 0.15) is 13.2 Å². The predicted octanol–water partition coefficient (Wildman–Crippen LogP) is 7.02. The summed E-state index contributed by atoms with van der Waals surface area (Å²) in [7, 11) is 1.50. The standard InChI is InChI=1S/C26H19BrCl2N2O5S/c1-35-21-10-16(17(27)12-22(21)36-14-15-6-2-3-7-18(15)28)11-23-25(33)31(26(34)37-23)13-24(32)30-20-9-5-4-8-19(20)29/h2-12H,13-14H2,1H3,(H,30,32)/b23-11+. The lowest BCUT2D eigenvalue weighted by Gasteiger charge is -2.14. The molecule has 4 rings (SSSR count). The number of benzene rings is 3. The lowest BCUT2D eigenvalue weighted by atomic mass is 10.1. The summed E-state index contributed by atoms with van der Waals surface area (Å²) >= 11 is 16.5. The lowest BCUT2D eigenvalue weighted by molar-refractivity contribution is -0.127. The monoisotopic (exact) mass is 620 g/mol. The number of hydrogen-bond donors (Lipinski definition) is 1. The fourth-order valence-corrected chi connectivity index (χ4v) is 5.02. The van der Waals surface area contributed by atoms with Crippen LogP contribution in [0.25, 0.3) is 6.08 Å². The highest BCUT2D eigenvalue weighted by molar-refractivity contribution is 9.10. The Morgan fingerprint density at radius 1 is 1.05 bits per heavy atom. The summed E-state index contributed by atoms with van der Waals surface area (Å²) in [6, 6.07) is 17.4. The maximum atomic E-state index is 12.9. The van der Waals surface area contributed by atoms with E-state index in [1.807, 2.05) is 18.2 Å². The maximum Gasteiger partial charge on any atom is 0.294 e. The van der Waals surface area contributed by atoms with Crippen molar-refractivity contribution in [1.82, 2.24) is 4.90 Å². The van der Waals surface area contributed by atoms with Gasteiger partial charge in [0.2, 0.25) is 5.91 Å². The third-order valence-electron chi connectivity index (χ3n) is 5.23. The number of rotatable bonds is 8. The molecule has 0 unspecified atom stereocenters. The number of anilines is 1. The van der Waals surface area contributed by atoms with Crippen molar-refractivity contribution in [2.24, 2.45) is 0 Å². The van der Waals surface area contributed by atoms with Crippen molar-refractivity contribution in [3.05, 3.63) is 91.2 Å². The third-order valence-corrected chi connectivity index (χ3v) is 7.53. The van der Waals surface area contributed by atoms with Crippen LogP contribution < -0.4 is 14.8 Å². The van der Waals surface area contributed by atoms with E-state index in [0.717, 1.165) is 22.2 Å². The molecule has 0 bridgehead atoms. The fourth-order valence-electron chi connectivity index (χ4n) is 3.38. The number of nitrogens with one attached hydrogen (secondary N) is 1. The number of carbonyl (C=O) groups is 3. The predicted molar refractivity (Wildman–Crippen MR) is 149 cm³/mol. The number of para-hydroxylation sites is 1. The van der Waals surface area contributed by atoms with Crippen molar-refractivity contribution in [3.8, 4) is 11.5 Å². The summed E-state index contributed by atoms with van der Waals surface area (Å²) in [6.07, 6.45) is 1.56. The van der Waals surface area contributed by atoms with Gasteiger partial charge in [-0.05, 0) is 53.7 Å². The second-order valence-corrected chi connectivity index (χ2v) is 10.4. The highest BCUT2D eigenvalue weighted by Crippen LogP contribution is 2.38. The number of halogens is 3. The van der Waals surface area contributed by atoms with Crippen LogP contribution in [0.2, 0.25) is 10.0 Å². The second kappa shape index (κ2) is 12.0. The molecule has 1 heterocycles. The molecule has 1 N–H and O–H groups in total. The smallest absolute Gasteiger partial charge is 0.294 e. The van der Waals surface area contributed by atoms with Gasteiger partial charge in [0.05, 0.1) is 22.7 Å². The Labute approximate surface area is 235 Å². The molecular formula is C26H19BrCl2N2O5S. The van der Waals surface area contributed by atoms with Crippen LogP contribution in [0.4, 0.5) is 10.5 Å². The average Bonchev–Trinajstić information content (AvgIpc) is 3.13. The summed E-state index contributed by atoms with van der Waals surface area (Å²) in [6.45, 7) is -0.205. The minimum absolute atomic E-state index is 0.169. The van der Waals surface area contributed by atoms with Crippen molar-refractivity contribution in [1.29, 1.82) is 0 Å². The van der Waals surface area contributed by atoms with Crippen LogP contribution in [-0.2, 0) is 16.2 Å². The first-order valence-corrected chi connectivity index (χ1v) is 13.2. The fraction of sp³-hybridized carbons (Fsp3) is 0.115. The van der Waals surface area contributed by atoms with Gasteiger partial charge >= 0.3 is 0 Å². The molecule has 190 valence electrons. The number of carbonyl (C=O) groups excluding carboxylic acids is 3. The first kappa shape index (κ1) is 27.1. The zero-order valence-corrected chi connectivity index (χ0v) is 23.2. The van der Waals surface area contributed by atoms with Crippen molar-refractivity contribution in [3.63, 3.8) is 0 Å². The molecule has 11 heteroatoms. The Kier molecular flexibility index (Phi) is 8.81. The number of hydrogen-bond acceptors (Lipinski definition) is 6. The molecule has 3 aromatic rings. The molecule has 0 atom stereocenters. The van der Waals surface area contributed by atoms with Gasteiger partial charge in [-0.1, -0.05) is 69.5 Å². The minimum Gasteiger partial charge on any atom is -0.493 e. The number of ether oxygens (including phenoxy) is 2. The average molecular weight is 622 g/mol. The molecule has 0 radical (unpaired) electrons. The topological polar surface area (TPSA) is 84.9 Å². The number of methoxy groups -OCH3 is 1. The van der Waals surface area contributed by atoms with Crippen LogP contribution in [-0.4, -0.2) is 35.6 Å². The Hall–Kier alpha value is -2.98.